The second-order valence-electron chi connectivity index (χ2n) is 4.07. The average Bonchev–Trinajstić information content (AvgIpc) is 2.63. The molecule has 1 aromatic rings. The molecule has 1 aliphatic rings. The van der Waals surface area contributed by atoms with Crippen LogP contribution < -0.4 is 11.1 Å². The number of nitrogens with zero attached hydrogens (tertiary/aromatic N) is 1. The molecule has 3 N–H and O–H groups in total. The van der Waals surface area contributed by atoms with Crippen LogP contribution in [0.2, 0.25) is 0 Å². The number of nitrogens with two attached hydrogens (primary N) is 1. The van der Waals surface area contributed by atoms with Gasteiger partial charge in [0.15, 0.2) is 5.13 Å². The molecule has 1 heterocycles. The predicted molar refractivity (Wildman–Crippen MR) is 66.4 cm³/mol. The summed E-state index contributed by atoms with van der Waals surface area (Å²) in [4.78, 5) is 26.6. The van der Waals surface area contributed by atoms with E-state index in [9.17, 15) is 9.59 Å². The molecular formula is C9H9Cl2N3O2S. The van der Waals surface area contributed by atoms with Crippen molar-refractivity contribution in [3.8, 4) is 0 Å². The fourth-order valence-electron chi connectivity index (χ4n) is 1.33. The first-order chi connectivity index (χ1) is 7.76. The summed E-state index contributed by atoms with van der Waals surface area (Å²) < 4.78 is -1.03. The molecule has 0 aliphatic heterocycles. The molecule has 1 saturated carbocycles. The summed E-state index contributed by atoms with van der Waals surface area (Å²) in [7, 11) is 0. The summed E-state index contributed by atoms with van der Waals surface area (Å²) in [5.41, 5.74) is 4.36. The Morgan fingerprint density at radius 3 is 2.59 bits per heavy atom. The van der Waals surface area contributed by atoms with E-state index in [1.54, 1.807) is 6.92 Å². The van der Waals surface area contributed by atoms with Gasteiger partial charge in [0.1, 0.15) is 10.0 Å². The number of hydrogen-bond acceptors (Lipinski definition) is 4. The summed E-state index contributed by atoms with van der Waals surface area (Å²) >= 11 is 12.9. The lowest BCUT2D eigenvalue weighted by molar-refractivity contribution is -0.120. The Morgan fingerprint density at radius 1 is 1.59 bits per heavy atom. The lowest BCUT2D eigenvalue weighted by atomic mass is 10.1. The maximum Gasteiger partial charge on any atom is 0.268 e. The molecule has 17 heavy (non-hydrogen) atoms. The number of thiazole rings is 1. The zero-order chi connectivity index (χ0) is 12.8. The normalized spacial score (nSPS) is 25.4. The van der Waals surface area contributed by atoms with Crippen molar-refractivity contribution in [2.24, 2.45) is 11.1 Å². The first-order valence-electron chi connectivity index (χ1n) is 4.71. The van der Waals surface area contributed by atoms with Gasteiger partial charge in [-0.2, -0.15) is 0 Å². The predicted octanol–water partition coefficient (Wildman–Crippen LogP) is 1.76. The maximum absolute atomic E-state index is 11.9. The lowest BCUT2D eigenvalue weighted by Gasteiger charge is -2.10. The van der Waals surface area contributed by atoms with Crippen LogP contribution in [-0.2, 0) is 4.79 Å². The number of halogens is 2. The molecule has 2 amide bonds. The summed E-state index contributed by atoms with van der Waals surface area (Å²) in [6, 6.07) is 0. The maximum atomic E-state index is 11.9. The molecule has 1 atom stereocenters. The van der Waals surface area contributed by atoms with E-state index in [1.165, 1.54) is 5.38 Å². The minimum Gasteiger partial charge on any atom is -0.364 e. The minimum absolute atomic E-state index is 0.120. The first-order valence-corrected chi connectivity index (χ1v) is 6.34. The topological polar surface area (TPSA) is 85.1 Å². The smallest absolute Gasteiger partial charge is 0.268 e. The summed E-state index contributed by atoms with van der Waals surface area (Å²) in [6.45, 7) is 1.67. The van der Waals surface area contributed by atoms with E-state index in [2.05, 4.69) is 10.3 Å². The molecule has 0 saturated heterocycles. The van der Waals surface area contributed by atoms with Crippen LogP contribution in [0.3, 0.4) is 0 Å². The molecule has 0 radical (unpaired) electrons. The van der Waals surface area contributed by atoms with Crippen LogP contribution >= 0.6 is 34.5 Å². The number of carbonyl (C=O) groups excluding carboxylic acids is 2. The Morgan fingerprint density at radius 2 is 2.18 bits per heavy atom. The second kappa shape index (κ2) is 3.83. The van der Waals surface area contributed by atoms with Crippen LogP contribution in [0.5, 0.6) is 0 Å². The molecule has 8 heteroatoms. The van der Waals surface area contributed by atoms with E-state index in [1.807, 2.05) is 0 Å². The number of primary amides is 1. The van der Waals surface area contributed by atoms with Gasteiger partial charge in [0.05, 0.1) is 5.41 Å². The molecule has 0 aromatic carbocycles. The molecule has 0 unspecified atom stereocenters. The van der Waals surface area contributed by atoms with Crippen molar-refractivity contribution >= 4 is 51.5 Å². The van der Waals surface area contributed by atoms with Crippen molar-refractivity contribution in [2.45, 2.75) is 17.7 Å². The number of carbonyl (C=O) groups is 2. The van der Waals surface area contributed by atoms with E-state index in [4.69, 9.17) is 28.9 Å². The van der Waals surface area contributed by atoms with Gasteiger partial charge in [-0.15, -0.1) is 34.5 Å². The molecular weight excluding hydrogens is 285 g/mol. The van der Waals surface area contributed by atoms with Crippen molar-refractivity contribution in [3.63, 3.8) is 0 Å². The van der Waals surface area contributed by atoms with Crippen molar-refractivity contribution < 1.29 is 9.59 Å². The number of hydrogen-bond donors (Lipinski definition) is 2. The molecule has 5 nitrogen and oxygen atoms in total. The molecule has 1 fully saturated rings. The zero-order valence-corrected chi connectivity index (χ0v) is 11.1. The van der Waals surface area contributed by atoms with Gasteiger partial charge >= 0.3 is 0 Å². The van der Waals surface area contributed by atoms with E-state index in [0.29, 0.717) is 11.6 Å². The van der Waals surface area contributed by atoms with Gasteiger partial charge in [0.25, 0.3) is 5.91 Å². The Balaban J connectivity index is 2.07. The first kappa shape index (κ1) is 12.6. The largest absolute Gasteiger partial charge is 0.364 e. The number of amides is 2. The van der Waals surface area contributed by atoms with Crippen molar-refractivity contribution in [3.05, 3.63) is 11.1 Å². The van der Waals surface area contributed by atoms with E-state index >= 15 is 0 Å². The van der Waals surface area contributed by atoms with Crippen molar-refractivity contribution in [1.29, 1.82) is 0 Å². The number of nitrogens with one attached hydrogen (secondary N) is 1. The number of alkyl halides is 2. The lowest BCUT2D eigenvalue weighted by Crippen LogP contribution is -2.26. The van der Waals surface area contributed by atoms with Crippen LogP contribution in [0.15, 0.2) is 5.38 Å². The van der Waals surface area contributed by atoms with Gasteiger partial charge in [-0.1, -0.05) is 0 Å². The zero-order valence-electron chi connectivity index (χ0n) is 8.79. The number of aromatic nitrogens is 1. The molecule has 1 aliphatic carbocycles. The monoisotopic (exact) mass is 293 g/mol. The molecule has 2 rings (SSSR count). The van der Waals surface area contributed by atoms with Gasteiger partial charge in [0, 0.05) is 5.38 Å². The third-order valence-electron chi connectivity index (χ3n) is 2.74. The highest BCUT2D eigenvalue weighted by molar-refractivity contribution is 7.14. The quantitative estimate of drug-likeness (QED) is 0.833. The van der Waals surface area contributed by atoms with Gasteiger partial charge in [0.2, 0.25) is 5.91 Å². The second-order valence-corrected chi connectivity index (χ2v) is 6.41. The van der Waals surface area contributed by atoms with Crippen LogP contribution in [-0.4, -0.2) is 21.1 Å². The molecule has 92 valence electrons. The van der Waals surface area contributed by atoms with E-state index < -0.39 is 15.7 Å². The Labute approximate surface area is 111 Å². The van der Waals surface area contributed by atoms with Crippen LogP contribution in [0.4, 0.5) is 5.13 Å². The number of rotatable bonds is 3. The van der Waals surface area contributed by atoms with Crippen LogP contribution in [0.1, 0.15) is 23.8 Å². The Kier molecular flexibility index (Phi) is 2.84. The van der Waals surface area contributed by atoms with Gasteiger partial charge in [-0.25, -0.2) is 4.98 Å². The molecule has 0 bridgehead atoms. The third-order valence-corrected chi connectivity index (χ3v) is 4.60. The molecule has 0 spiro atoms. The fourth-order valence-corrected chi connectivity index (χ4v) is 2.73. The van der Waals surface area contributed by atoms with E-state index in [-0.39, 0.29) is 11.6 Å². The summed E-state index contributed by atoms with van der Waals surface area (Å²) in [6.07, 6.45) is 0.392. The number of anilines is 1. The average molecular weight is 294 g/mol. The van der Waals surface area contributed by atoms with Gasteiger partial charge < -0.3 is 11.1 Å². The Hall–Kier alpha value is -0.850. The van der Waals surface area contributed by atoms with Crippen molar-refractivity contribution in [1.82, 2.24) is 4.98 Å². The van der Waals surface area contributed by atoms with Gasteiger partial charge in [-0.05, 0) is 13.3 Å². The highest BCUT2D eigenvalue weighted by Crippen LogP contribution is 2.64. The Bertz CT molecular complexity index is 502. The summed E-state index contributed by atoms with van der Waals surface area (Å²) in [5, 5.41) is 4.35. The van der Waals surface area contributed by atoms with Gasteiger partial charge in [-0.3, -0.25) is 9.59 Å². The van der Waals surface area contributed by atoms with Crippen LogP contribution in [0.25, 0.3) is 0 Å². The fraction of sp³-hybridized carbons (Fsp3) is 0.444. The highest BCUT2D eigenvalue weighted by Gasteiger charge is 2.68. The van der Waals surface area contributed by atoms with Crippen LogP contribution in [0, 0.1) is 5.41 Å². The highest BCUT2D eigenvalue weighted by atomic mass is 35.5. The molecule has 1 aromatic heterocycles. The summed E-state index contributed by atoms with van der Waals surface area (Å²) in [5.74, 6) is -0.948. The van der Waals surface area contributed by atoms with E-state index in [0.717, 1.165) is 11.3 Å². The van der Waals surface area contributed by atoms with Crippen molar-refractivity contribution in [2.75, 3.05) is 5.32 Å². The third kappa shape index (κ3) is 2.12. The SMILES string of the molecule is C[C@]1(C(=O)Nc2nc(C(N)=O)cs2)CC1(Cl)Cl. The minimum atomic E-state index is -1.03. The standard InChI is InChI=1S/C9H9Cl2N3O2S/c1-8(3-9(8,10)11)6(16)14-7-13-4(2-17-7)5(12)15/h2H,3H2,1H3,(H2,12,15)(H,13,14,16)/t8-/m1/s1.